The second kappa shape index (κ2) is 4.78. The minimum atomic E-state index is 0.0173. The molecule has 0 spiro atoms. The molecule has 86 valence electrons. The van der Waals surface area contributed by atoms with Crippen molar-refractivity contribution in [1.82, 2.24) is 4.98 Å². The molecule has 0 aliphatic heterocycles. The van der Waals surface area contributed by atoms with Crippen molar-refractivity contribution in [3.8, 4) is 0 Å². The lowest BCUT2D eigenvalue weighted by molar-refractivity contribution is 0.0993. The Bertz CT molecular complexity index is 555. The fraction of sp³-hybridized carbons (Fsp3) is 0.143. The molecule has 0 fully saturated rings. The Labute approximate surface area is 99.5 Å². The summed E-state index contributed by atoms with van der Waals surface area (Å²) in [5.41, 5.74) is 3.10. The summed E-state index contributed by atoms with van der Waals surface area (Å²) in [4.78, 5) is 25.2. The van der Waals surface area contributed by atoms with Gasteiger partial charge in [-0.2, -0.15) is 0 Å². The quantitative estimate of drug-likeness (QED) is 0.644. The van der Waals surface area contributed by atoms with Crippen LogP contribution in [-0.2, 0) is 6.42 Å². The third-order valence-electron chi connectivity index (χ3n) is 2.77. The number of hydrogen-bond donors (Lipinski definition) is 1. The van der Waals surface area contributed by atoms with Crippen molar-refractivity contribution in [2.75, 3.05) is 0 Å². The molecule has 0 saturated carbocycles. The van der Waals surface area contributed by atoms with Gasteiger partial charge in [0.2, 0.25) is 0 Å². The van der Waals surface area contributed by atoms with Gasteiger partial charge in [-0.1, -0.05) is 24.3 Å². The van der Waals surface area contributed by atoms with Gasteiger partial charge in [-0.05, 0) is 24.1 Å². The van der Waals surface area contributed by atoms with Crippen molar-refractivity contribution < 1.29 is 9.59 Å². The van der Waals surface area contributed by atoms with Crippen molar-refractivity contribution in [2.45, 2.75) is 13.3 Å². The molecule has 0 aliphatic carbocycles. The molecular weight excluding hydrogens is 214 g/mol. The highest BCUT2D eigenvalue weighted by molar-refractivity contribution is 5.98. The molecule has 17 heavy (non-hydrogen) atoms. The maximum Gasteiger partial charge on any atom is 0.168 e. The van der Waals surface area contributed by atoms with E-state index in [0.29, 0.717) is 24.0 Å². The number of carbonyl (C=O) groups is 2. The van der Waals surface area contributed by atoms with Gasteiger partial charge in [0.15, 0.2) is 12.1 Å². The van der Waals surface area contributed by atoms with E-state index in [0.717, 1.165) is 11.1 Å². The van der Waals surface area contributed by atoms with E-state index in [4.69, 9.17) is 0 Å². The highest BCUT2D eigenvalue weighted by Gasteiger charge is 2.10. The standard InChI is InChI=1S/C14H13NO2/c1-10-4-2-3-5-11(10)7-14(17)12-6-13(9-16)15-8-12/h2-6,8-9,15H,7H2,1H3. The number of hydrogen-bond acceptors (Lipinski definition) is 2. The number of benzene rings is 1. The monoisotopic (exact) mass is 227 g/mol. The van der Waals surface area contributed by atoms with Crippen LogP contribution in [0.1, 0.15) is 32.0 Å². The summed E-state index contributed by atoms with van der Waals surface area (Å²) in [6, 6.07) is 9.37. The maximum atomic E-state index is 12.0. The van der Waals surface area contributed by atoms with Crippen LogP contribution >= 0.6 is 0 Å². The molecule has 2 rings (SSSR count). The molecule has 0 atom stereocenters. The highest BCUT2D eigenvalue weighted by atomic mass is 16.1. The van der Waals surface area contributed by atoms with Crippen molar-refractivity contribution >= 4 is 12.1 Å². The summed E-state index contributed by atoms with van der Waals surface area (Å²) >= 11 is 0. The van der Waals surface area contributed by atoms with E-state index in [2.05, 4.69) is 4.98 Å². The van der Waals surface area contributed by atoms with Gasteiger partial charge in [0.05, 0.1) is 5.69 Å². The first kappa shape index (κ1) is 11.3. The zero-order chi connectivity index (χ0) is 12.3. The molecule has 0 aliphatic rings. The van der Waals surface area contributed by atoms with Crippen LogP contribution in [-0.4, -0.2) is 17.1 Å². The summed E-state index contributed by atoms with van der Waals surface area (Å²) < 4.78 is 0. The van der Waals surface area contributed by atoms with Gasteiger partial charge in [0, 0.05) is 18.2 Å². The van der Waals surface area contributed by atoms with Crippen LogP contribution < -0.4 is 0 Å². The number of aryl methyl sites for hydroxylation is 1. The van der Waals surface area contributed by atoms with Gasteiger partial charge >= 0.3 is 0 Å². The second-order valence-corrected chi connectivity index (χ2v) is 3.99. The number of ketones is 1. The molecule has 1 aromatic heterocycles. The molecule has 0 amide bonds. The lowest BCUT2D eigenvalue weighted by atomic mass is 10.0. The van der Waals surface area contributed by atoms with E-state index in [9.17, 15) is 9.59 Å². The number of aromatic nitrogens is 1. The Morgan fingerprint density at radius 1 is 1.35 bits per heavy atom. The fourth-order valence-electron chi connectivity index (χ4n) is 1.72. The summed E-state index contributed by atoms with van der Waals surface area (Å²) in [5, 5.41) is 0. The molecule has 0 saturated heterocycles. The Morgan fingerprint density at radius 2 is 2.12 bits per heavy atom. The summed E-state index contributed by atoms with van der Waals surface area (Å²) in [7, 11) is 0. The average Bonchev–Trinajstić information content (AvgIpc) is 2.81. The van der Waals surface area contributed by atoms with Crippen LogP contribution in [0.5, 0.6) is 0 Å². The number of rotatable bonds is 4. The van der Waals surface area contributed by atoms with Gasteiger partial charge in [-0.3, -0.25) is 9.59 Å². The molecule has 0 bridgehead atoms. The third-order valence-corrected chi connectivity index (χ3v) is 2.77. The summed E-state index contributed by atoms with van der Waals surface area (Å²) in [6.45, 7) is 1.98. The Balaban J connectivity index is 2.17. The van der Waals surface area contributed by atoms with Gasteiger partial charge in [0.25, 0.3) is 0 Å². The van der Waals surface area contributed by atoms with E-state index in [1.54, 1.807) is 12.3 Å². The number of H-pyrrole nitrogens is 1. The lowest BCUT2D eigenvalue weighted by Crippen LogP contribution is -2.03. The van der Waals surface area contributed by atoms with Gasteiger partial charge in [-0.15, -0.1) is 0 Å². The van der Waals surface area contributed by atoms with Crippen LogP contribution in [0.25, 0.3) is 0 Å². The van der Waals surface area contributed by atoms with Gasteiger partial charge in [0.1, 0.15) is 0 Å². The Morgan fingerprint density at radius 3 is 2.76 bits per heavy atom. The third kappa shape index (κ3) is 2.50. The Hall–Kier alpha value is -2.16. The van der Waals surface area contributed by atoms with Crippen LogP contribution in [0.2, 0.25) is 0 Å². The minimum Gasteiger partial charge on any atom is -0.358 e. The molecule has 2 aromatic rings. The zero-order valence-corrected chi connectivity index (χ0v) is 9.57. The number of aromatic amines is 1. The SMILES string of the molecule is Cc1ccccc1CC(=O)c1c[nH]c(C=O)c1. The maximum absolute atomic E-state index is 12.0. The molecule has 3 heteroatoms. The van der Waals surface area contributed by atoms with Crippen LogP contribution in [0.4, 0.5) is 0 Å². The topological polar surface area (TPSA) is 49.9 Å². The van der Waals surface area contributed by atoms with Crippen LogP contribution in [0.15, 0.2) is 36.5 Å². The number of nitrogens with one attached hydrogen (secondary N) is 1. The van der Waals surface area contributed by atoms with Gasteiger partial charge < -0.3 is 4.98 Å². The highest BCUT2D eigenvalue weighted by Crippen LogP contribution is 2.12. The summed E-state index contributed by atoms with van der Waals surface area (Å²) in [6.07, 6.45) is 2.64. The van der Waals surface area contributed by atoms with Crippen LogP contribution in [0.3, 0.4) is 0 Å². The van der Waals surface area contributed by atoms with Crippen LogP contribution in [0, 0.1) is 6.92 Å². The number of carbonyl (C=O) groups excluding carboxylic acids is 2. The second-order valence-electron chi connectivity index (χ2n) is 3.99. The van der Waals surface area contributed by atoms with E-state index in [1.165, 1.54) is 0 Å². The normalized spacial score (nSPS) is 10.2. The van der Waals surface area contributed by atoms with E-state index >= 15 is 0 Å². The average molecular weight is 227 g/mol. The number of aldehydes is 1. The first-order chi connectivity index (χ1) is 8.20. The molecule has 0 radical (unpaired) electrons. The number of Topliss-reactive ketones (excluding diaryl/α,β-unsaturated/α-hetero) is 1. The largest absolute Gasteiger partial charge is 0.358 e. The summed E-state index contributed by atoms with van der Waals surface area (Å²) in [5.74, 6) is 0.0173. The smallest absolute Gasteiger partial charge is 0.168 e. The first-order valence-electron chi connectivity index (χ1n) is 5.42. The Kier molecular flexibility index (Phi) is 3.19. The zero-order valence-electron chi connectivity index (χ0n) is 9.57. The van der Waals surface area contributed by atoms with Crippen molar-refractivity contribution in [3.63, 3.8) is 0 Å². The van der Waals surface area contributed by atoms with E-state index in [-0.39, 0.29) is 5.78 Å². The predicted octanol–water partition coefficient (Wildman–Crippen LogP) is 2.56. The molecule has 3 nitrogen and oxygen atoms in total. The molecule has 0 unspecified atom stereocenters. The van der Waals surface area contributed by atoms with E-state index < -0.39 is 0 Å². The minimum absolute atomic E-state index is 0.0173. The molecule has 1 heterocycles. The first-order valence-corrected chi connectivity index (χ1v) is 5.42. The van der Waals surface area contributed by atoms with E-state index in [1.807, 2.05) is 31.2 Å². The lowest BCUT2D eigenvalue weighted by Gasteiger charge is -2.03. The van der Waals surface area contributed by atoms with Crippen molar-refractivity contribution in [2.24, 2.45) is 0 Å². The molecular formula is C14H13NO2. The molecule has 1 aromatic carbocycles. The van der Waals surface area contributed by atoms with Crippen molar-refractivity contribution in [3.05, 3.63) is 58.9 Å². The fourth-order valence-corrected chi connectivity index (χ4v) is 1.72. The predicted molar refractivity (Wildman–Crippen MR) is 65.4 cm³/mol. The molecule has 1 N–H and O–H groups in total. The van der Waals surface area contributed by atoms with Gasteiger partial charge in [-0.25, -0.2) is 0 Å². The van der Waals surface area contributed by atoms with Crippen molar-refractivity contribution in [1.29, 1.82) is 0 Å².